The van der Waals surface area contributed by atoms with Gasteiger partial charge in [-0.15, -0.1) is 10.2 Å². The van der Waals surface area contributed by atoms with Crippen LogP contribution in [-0.2, 0) is 17.8 Å². The largest absolute Gasteiger partial charge is 0.324 e. The Morgan fingerprint density at radius 2 is 1.76 bits per heavy atom. The number of nitrogens with zero attached hydrogens (tertiary/aromatic N) is 4. The van der Waals surface area contributed by atoms with Crippen LogP contribution >= 0.6 is 0 Å². The fourth-order valence-corrected chi connectivity index (χ4v) is 2.69. The third kappa shape index (κ3) is 4.29. The van der Waals surface area contributed by atoms with Gasteiger partial charge >= 0.3 is 0 Å². The summed E-state index contributed by atoms with van der Waals surface area (Å²) in [5, 5.41) is 15.2. The molecule has 0 bridgehead atoms. The molecule has 25 heavy (non-hydrogen) atoms. The SMILES string of the molecule is CCc1ccc(-c2nnn(CC(=O)Nc3cc(C)cc(C)c3)n2)cc1. The zero-order valence-electron chi connectivity index (χ0n) is 14.7. The number of rotatable bonds is 5. The first kappa shape index (κ1) is 16.8. The summed E-state index contributed by atoms with van der Waals surface area (Å²) >= 11 is 0. The second-order valence-corrected chi connectivity index (χ2v) is 6.12. The number of anilines is 1. The highest BCUT2D eigenvalue weighted by molar-refractivity contribution is 5.90. The number of tetrazole rings is 1. The zero-order valence-corrected chi connectivity index (χ0v) is 14.7. The second kappa shape index (κ2) is 7.25. The number of benzene rings is 2. The predicted molar refractivity (Wildman–Crippen MR) is 97.2 cm³/mol. The maximum absolute atomic E-state index is 12.2. The van der Waals surface area contributed by atoms with Gasteiger partial charge in [0.15, 0.2) is 0 Å². The minimum atomic E-state index is -0.185. The van der Waals surface area contributed by atoms with Gasteiger partial charge in [-0.3, -0.25) is 4.79 Å². The first-order chi connectivity index (χ1) is 12.0. The van der Waals surface area contributed by atoms with Crippen LogP contribution in [0.5, 0.6) is 0 Å². The Morgan fingerprint density at radius 3 is 2.40 bits per heavy atom. The highest BCUT2D eigenvalue weighted by Gasteiger charge is 2.10. The van der Waals surface area contributed by atoms with Crippen LogP contribution < -0.4 is 5.32 Å². The molecule has 0 unspecified atom stereocenters. The van der Waals surface area contributed by atoms with Crippen molar-refractivity contribution in [1.82, 2.24) is 20.2 Å². The maximum atomic E-state index is 12.2. The molecule has 1 heterocycles. The molecule has 1 amide bonds. The van der Waals surface area contributed by atoms with Gasteiger partial charge in [-0.25, -0.2) is 0 Å². The van der Waals surface area contributed by atoms with Crippen molar-refractivity contribution in [3.63, 3.8) is 0 Å². The summed E-state index contributed by atoms with van der Waals surface area (Å²) in [4.78, 5) is 13.5. The molecule has 128 valence electrons. The molecule has 0 spiro atoms. The Bertz CT molecular complexity index is 863. The van der Waals surface area contributed by atoms with E-state index in [1.807, 2.05) is 50.2 Å². The minimum absolute atomic E-state index is 0.0209. The van der Waals surface area contributed by atoms with E-state index in [1.54, 1.807) is 0 Å². The van der Waals surface area contributed by atoms with E-state index in [0.29, 0.717) is 5.82 Å². The maximum Gasteiger partial charge on any atom is 0.248 e. The average Bonchev–Trinajstić information content (AvgIpc) is 3.02. The summed E-state index contributed by atoms with van der Waals surface area (Å²) in [6, 6.07) is 13.9. The second-order valence-electron chi connectivity index (χ2n) is 6.12. The van der Waals surface area contributed by atoms with Crippen molar-refractivity contribution >= 4 is 11.6 Å². The highest BCUT2D eigenvalue weighted by atomic mass is 16.2. The summed E-state index contributed by atoms with van der Waals surface area (Å²) in [7, 11) is 0. The summed E-state index contributed by atoms with van der Waals surface area (Å²) in [5.74, 6) is 0.331. The van der Waals surface area contributed by atoms with Crippen LogP contribution in [0.2, 0.25) is 0 Å². The lowest BCUT2D eigenvalue weighted by Crippen LogP contribution is -2.20. The molecule has 0 aliphatic carbocycles. The monoisotopic (exact) mass is 335 g/mol. The van der Waals surface area contributed by atoms with E-state index in [0.717, 1.165) is 28.8 Å². The number of aromatic nitrogens is 4. The molecule has 3 rings (SSSR count). The van der Waals surface area contributed by atoms with Crippen LogP contribution in [0.15, 0.2) is 42.5 Å². The minimum Gasteiger partial charge on any atom is -0.324 e. The van der Waals surface area contributed by atoms with E-state index in [2.05, 4.69) is 33.7 Å². The zero-order chi connectivity index (χ0) is 17.8. The number of carbonyl (C=O) groups excluding carboxylic acids is 1. The van der Waals surface area contributed by atoms with Crippen LogP contribution in [0, 0.1) is 13.8 Å². The van der Waals surface area contributed by atoms with Crippen molar-refractivity contribution in [3.05, 3.63) is 59.2 Å². The molecule has 0 atom stereocenters. The summed E-state index contributed by atoms with van der Waals surface area (Å²) in [5.41, 5.74) is 5.12. The molecule has 0 fully saturated rings. The standard InChI is InChI=1S/C19H21N5O/c1-4-15-5-7-16(8-6-15)19-21-23-24(22-19)12-18(25)20-17-10-13(2)9-14(3)11-17/h5-11H,4,12H2,1-3H3,(H,20,25). The molecular formula is C19H21N5O. The van der Waals surface area contributed by atoms with Crippen molar-refractivity contribution in [2.24, 2.45) is 0 Å². The quantitative estimate of drug-likeness (QED) is 0.777. The smallest absolute Gasteiger partial charge is 0.248 e. The number of hydrogen-bond donors (Lipinski definition) is 1. The molecule has 0 aliphatic heterocycles. The van der Waals surface area contributed by atoms with Crippen LogP contribution in [0.4, 0.5) is 5.69 Å². The van der Waals surface area contributed by atoms with E-state index >= 15 is 0 Å². The van der Waals surface area contributed by atoms with Crippen molar-refractivity contribution in [1.29, 1.82) is 0 Å². The number of amides is 1. The molecule has 0 saturated carbocycles. The Labute approximate surface area is 146 Å². The Hall–Kier alpha value is -3.02. The van der Waals surface area contributed by atoms with Crippen molar-refractivity contribution in [3.8, 4) is 11.4 Å². The van der Waals surface area contributed by atoms with Gasteiger partial charge in [-0.1, -0.05) is 37.3 Å². The van der Waals surface area contributed by atoms with E-state index < -0.39 is 0 Å². The van der Waals surface area contributed by atoms with Crippen LogP contribution in [-0.4, -0.2) is 26.1 Å². The molecule has 3 aromatic rings. The molecular weight excluding hydrogens is 314 g/mol. The van der Waals surface area contributed by atoms with Crippen molar-refractivity contribution < 1.29 is 4.79 Å². The molecule has 6 heteroatoms. The number of aryl methyl sites for hydroxylation is 3. The molecule has 1 aromatic heterocycles. The Kier molecular flexibility index (Phi) is 4.88. The molecule has 1 N–H and O–H groups in total. The van der Waals surface area contributed by atoms with Gasteiger partial charge in [0.05, 0.1) is 0 Å². The summed E-state index contributed by atoms with van der Waals surface area (Å²) < 4.78 is 0. The van der Waals surface area contributed by atoms with Gasteiger partial charge in [0.25, 0.3) is 0 Å². The van der Waals surface area contributed by atoms with Crippen molar-refractivity contribution in [2.75, 3.05) is 5.32 Å². The van der Waals surface area contributed by atoms with E-state index in [4.69, 9.17) is 0 Å². The average molecular weight is 335 g/mol. The van der Waals surface area contributed by atoms with Crippen molar-refractivity contribution in [2.45, 2.75) is 33.7 Å². The van der Waals surface area contributed by atoms with Crippen LogP contribution in [0.1, 0.15) is 23.6 Å². The van der Waals surface area contributed by atoms with Crippen LogP contribution in [0.3, 0.4) is 0 Å². The van der Waals surface area contributed by atoms with Gasteiger partial charge in [0.2, 0.25) is 11.7 Å². The number of nitrogens with one attached hydrogen (secondary N) is 1. The van der Waals surface area contributed by atoms with Gasteiger partial charge in [-0.2, -0.15) is 4.80 Å². The third-order valence-corrected chi connectivity index (χ3v) is 3.86. The number of hydrogen-bond acceptors (Lipinski definition) is 4. The van der Waals surface area contributed by atoms with Gasteiger partial charge in [0.1, 0.15) is 6.54 Å². The fraction of sp³-hybridized carbons (Fsp3) is 0.263. The van der Waals surface area contributed by atoms with E-state index in [1.165, 1.54) is 10.4 Å². The normalized spacial score (nSPS) is 10.7. The highest BCUT2D eigenvalue weighted by Crippen LogP contribution is 2.15. The van der Waals surface area contributed by atoms with E-state index in [-0.39, 0.29) is 12.5 Å². The van der Waals surface area contributed by atoms with Crippen LogP contribution in [0.25, 0.3) is 11.4 Å². The third-order valence-electron chi connectivity index (χ3n) is 3.86. The summed E-state index contributed by atoms with van der Waals surface area (Å²) in [6.07, 6.45) is 0.985. The lowest BCUT2D eigenvalue weighted by molar-refractivity contribution is -0.117. The van der Waals surface area contributed by atoms with Gasteiger partial charge in [0, 0.05) is 11.3 Å². The molecule has 0 aliphatic rings. The first-order valence-corrected chi connectivity index (χ1v) is 8.29. The fourth-order valence-electron chi connectivity index (χ4n) is 2.69. The molecule has 2 aromatic carbocycles. The predicted octanol–water partition coefficient (Wildman–Crippen LogP) is 3.16. The topological polar surface area (TPSA) is 72.7 Å². The van der Waals surface area contributed by atoms with Gasteiger partial charge < -0.3 is 5.32 Å². The molecule has 0 saturated heterocycles. The lowest BCUT2D eigenvalue weighted by Gasteiger charge is -2.06. The molecule has 0 radical (unpaired) electrons. The lowest BCUT2D eigenvalue weighted by atomic mass is 10.1. The first-order valence-electron chi connectivity index (χ1n) is 8.29. The Balaban J connectivity index is 1.66. The van der Waals surface area contributed by atoms with Gasteiger partial charge in [-0.05, 0) is 54.3 Å². The molecule has 6 nitrogen and oxygen atoms in total. The number of carbonyl (C=O) groups is 1. The Morgan fingerprint density at radius 1 is 1.08 bits per heavy atom. The summed E-state index contributed by atoms with van der Waals surface area (Å²) in [6.45, 7) is 6.13. The van der Waals surface area contributed by atoms with E-state index in [9.17, 15) is 4.79 Å².